The number of thioether (sulfide) groups is 2. The number of rotatable bonds is 21. The van der Waals surface area contributed by atoms with Gasteiger partial charge in [-0.2, -0.15) is 0 Å². The summed E-state index contributed by atoms with van der Waals surface area (Å²) in [6.45, 7) is 6.90. The molecule has 4 aromatic rings. The van der Waals surface area contributed by atoms with Crippen molar-refractivity contribution in [3.05, 3.63) is 117 Å². The number of nitrogens with zero attached hydrogens (tertiary/aromatic N) is 4. The molecule has 2 fully saturated rings. The summed E-state index contributed by atoms with van der Waals surface area (Å²) < 4.78 is 24.9. The quantitative estimate of drug-likeness (QED) is 0.0632. The Labute approximate surface area is 368 Å². The number of hydrogen-bond donors (Lipinski definition) is 4. The van der Waals surface area contributed by atoms with E-state index in [-0.39, 0.29) is 36.2 Å². The standard InChI is InChI=1S/C23H27FN4O2S.C23H32N4O2S/c1-30-20-16(4-3-5-18(20)24)12-25-22-17(13-26-21(28-22)15-8-9-15)23(29)27-19(10-11-31-2)14-6-7-14;1-6-9-20-24-15-19(23(28)26-16(3)12-13-30-5)22(27-20)25-14-18-11-8-10-17(7-2)21(18)29-4/h3-5,10-11,13-15,19H,6-9,12H2,1-2H3,(H,27,29)(H,25,26,28);8,10-13,15-16H,6-7,9,14H2,1-5H3,(H,26,28)(H,24,25,27)/b11-10+;13-12+. The summed E-state index contributed by atoms with van der Waals surface area (Å²) in [5.74, 6) is 3.52. The van der Waals surface area contributed by atoms with Crippen LogP contribution in [0.15, 0.2) is 71.8 Å². The average molecular weight is 871 g/mol. The number of nitrogens with one attached hydrogen (secondary N) is 4. The van der Waals surface area contributed by atoms with Crippen LogP contribution in [0.5, 0.6) is 11.5 Å². The maximum Gasteiger partial charge on any atom is 0.257 e. The van der Waals surface area contributed by atoms with Gasteiger partial charge in [0.1, 0.15) is 40.2 Å². The summed E-state index contributed by atoms with van der Waals surface area (Å²) in [5, 5.41) is 16.6. The molecule has 2 heterocycles. The molecule has 0 bridgehead atoms. The van der Waals surface area contributed by atoms with Gasteiger partial charge >= 0.3 is 0 Å². The molecule has 4 N–H and O–H groups in total. The molecule has 0 saturated heterocycles. The van der Waals surface area contributed by atoms with Crippen molar-refractivity contribution in [3.8, 4) is 11.5 Å². The van der Waals surface area contributed by atoms with Gasteiger partial charge in [0.2, 0.25) is 0 Å². The Hall–Kier alpha value is -5.15. The first kappa shape index (κ1) is 46.9. The van der Waals surface area contributed by atoms with Gasteiger partial charge in [-0.15, -0.1) is 23.5 Å². The van der Waals surface area contributed by atoms with Gasteiger partial charge in [-0.3, -0.25) is 9.59 Å². The van der Waals surface area contributed by atoms with Crippen LogP contribution in [0.2, 0.25) is 0 Å². The van der Waals surface area contributed by atoms with Crippen LogP contribution in [0.4, 0.5) is 16.0 Å². The number of hydrogen-bond acceptors (Lipinski definition) is 12. The summed E-state index contributed by atoms with van der Waals surface area (Å²) in [5.41, 5.74) is 3.65. The van der Waals surface area contributed by atoms with E-state index in [9.17, 15) is 14.0 Å². The molecule has 6 rings (SSSR count). The molecule has 61 heavy (non-hydrogen) atoms. The lowest BCUT2D eigenvalue weighted by Crippen LogP contribution is -2.35. The summed E-state index contributed by atoms with van der Waals surface area (Å²) in [4.78, 5) is 44.0. The van der Waals surface area contributed by atoms with Crippen molar-refractivity contribution in [2.45, 2.75) is 96.8 Å². The van der Waals surface area contributed by atoms with Crippen LogP contribution in [0.1, 0.15) is 108 Å². The van der Waals surface area contributed by atoms with E-state index in [4.69, 9.17) is 9.47 Å². The average Bonchev–Trinajstić information content (AvgIpc) is 4.21. The normalized spacial score (nSPS) is 14.5. The van der Waals surface area contributed by atoms with Gasteiger partial charge in [0, 0.05) is 55.0 Å². The number of benzene rings is 2. The number of para-hydroxylation sites is 2. The molecule has 2 aliphatic carbocycles. The lowest BCUT2D eigenvalue weighted by Gasteiger charge is -2.17. The predicted molar refractivity (Wildman–Crippen MR) is 246 cm³/mol. The van der Waals surface area contributed by atoms with Gasteiger partial charge in [-0.25, -0.2) is 24.3 Å². The zero-order valence-corrected chi connectivity index (χ0v) is 37.9. The smallest absolute Gasteiger partial charge is 0.257 e. The highest BCUT2D eigenvalue weighted by molar-refractivity contribution is 8.01. The van der Waals surface area contributed by atoms with E-state index in [1.54, 1.807) is 55.2 Å². The van der Waals surface area contributed by atoms with E-state index in [1.165, 1.54) is 13.2 Å². The van der Waals surface area contributed by atoms with Gasteiger partial charge in [0.15, 0.2) is 11.6 Å². The molecule has 0 radical (unpaired) electrons. The van der Waals surface area contributed by atoms with Crippen LogP contribution < -0.4 is 30.7 Å². The molecule has 2 aliphatic rings. The van der Waals surface area contributed by atoms with Crippen LogP contribution in [0.25, 0.3) is 0 Å². The van der Waals surface area contributed by atoms with E-state index in [2.05, 4.69) is 61.1 Å². The van der Waals surface area contributed by atoms with Crippen LogP contribution in [-0.4, -0.2) is 70.6 Å². The molecule has 2 amide bonds. The van der Waals surface area contributed by atoms with E-state index in [0.29, 0.717) is 46.7 Å². The topological polar surface area (TPSA) is 152 Å². The van der Waals surface area contributed by atoms with Gasteiger partial charge in [0.05, 0.1) is 20.3 Å². The second-order valence-electron chi connectivity index (χ2n) is 14.9. The Bertz CT molecular complexity index is 2150. The number of methoxy groups -OCH3 is 2. The Balaban J connectivity index is 0.000000231. The maximum absolute atomic E-state index is 14.0. The Kier molecular flexibility index (Phi) is 18.3. The van der Waals surface area contributed by atoms with Crippen molar-refractivity contribution in [1.82, 2.24) is 30.6 Å². The van der Waals surface area contributed by atoms with Gasteiger partial charge in [0.25, 0.3) is 11.8 Å². The molecule has 2 unspecified atom stereocenters. The predicted octanol–water partition coefficient (Wildman–Crippen LogP) is 9.11. The molecule has 0 aliphatic heterocycles. The fraction of sp³-hybridized carbons (Fsp3) is 0.435. The van der Waals surface area contributed by atoms with Crippen LogP contribution in [0.3, 0.4) is 0 Å². The lowest BCUT2D eigenvalue weighted by atomic mass is 10.1. The third kappa shape index (κ3) is 13.7. The van der Waals surface area contributed by atoms with Crippen molar-refractivity contribution < 1.29 is 23.5 Å². The number of aryl methyl sites for hydroxylation is 2. The number of halogens is 1. The second-order valence-corrected chi connectivity index (χ2v) is 16.4. The highest BCUT2D eigenvalue weighted by Gasteiger charge is 2.32. The summed E-state index contributed by atoms with van der Waals surface area (Å²) in [7, 11) is 3.13. The molecule has 2 saturated carbocycles. The van der Waals surface area contributed by atoms with Crippen LogP contribution in [0, 0.1) is 11.7 Å². The van der Waals surface area contributed by atoms with E-state index in [1.807, 2.05) is 54.5 Å². The molecular weight excluding hydrogens is 812 g/mol. The maximum atomic E-state index is 14.0. The summed E-state index contributed by atoms with van der Waals surface area (Å²) in [6.07, 6.45) is 18.1. The number of aromatic nitrogens is 4. The summed E-state index contributed by atoms with van der Waals surface area (Å²) in [6, 6.07) is 10.8. The van der Waals surface area contributed by atoms with E-state index in [0.717, 1.165) is 73.5 Å². The molecule has 2 aromatic heterocycles. The van der Waals surface area contributed by atoms with Gasteiger partial charge in [-0.1, -0.05) is 56.3 Å². The van der Waals surface area contributed by atoms with E-state index < -0.39 is 5.82 Å². The zero-order chi connectivity index (χ0) is 43.7. The van der Waals surface area contributed by atoms with Crippen LogP contribution in [-0.2, 0) is 25.9 Å². The molecule has 2 atom stereocenters. The van der Waals surface area contributed by atoms with Crippen molar-refractivity contribution in [1.29, 1.82) is 0 Å². The number of anilines is 2. The highest BCUT2D eigenvalue weighted by atomic mass is 32.2. The minimum absolute atomic E-state index is 0.000721. The van der Waals surface area contributed by atoms with Gasteiger partial charge in [-0.05, 0) is 86.3 Å². The van der Waals surface area contributed by atoms with E-state index >= 15 is 0 Å². The monoisotopic (exact) mass is 870 g/mol. The lowest BCUT2D eigenvalue weighted by molar-refractivity contribution is 0.0935. The second kappa shape index (κ2) is 23.7. The van der Waals surface area contributed by atoms with Crippen molar-refractivity contribution in [2.75, 3.05) is 37.4 Å². The first-order valence-corrected chi connectivity index (χ1v) is 23.4. The molecule has 15 heteroatoms. The minimum atomic E-state index is -0.422. The summed E-state index contributed by atoms with van der Waals surface area (Å²) >= 11 is 3.21. The van der Waals surface area contributed by atoms with Crippen molar-refractivity contribution in [2.24, 2.45) is 5.92 Å². The molecule has 2 aromatic carbocycles. The Morgan fingerprint density at radius 1 is 0.803 bits per heavy atom. The third-order valence-electron chi connectivity index (χ3n) is 10.2. The number of carbonyl (C=O) groups excluding carboxylic acids is 2. The first-order valence-electron chi connectivity index (χ1n) is 20.8. The first-order chi connectivity index (χ1) is 29.6. The third-order valence-corrected chi connectivity index (χ3v) is 11.0. The van der Waals surface area contributed by atoms with Crippen LogP contribution >= 0.6 is 23.5 Å². The highest BCUT2D eigenvalue weighted by Crippen LogP contribution is 2.39. The SMILES string of the molecule is CCCc1ncc(C(=O)NC(C)/C=C/SC)c(NCc2cccc(CC)c2OC)n1.COc1c(F)cccc1CNc1nc(C2CC2)ncc1C(=O)NC(/C=C/SC)C1CC1. The molecule has 0 spiro atoms. The number of amides is 2. The molecular formula is C46H59FN8O4S2. The van der Waals surface area contributed by atoms with Gasteiger partial charge < -0.3 is 30.7 Å². The number of ether oxygens (including phenoxy) is 2. The fourth-order valence-corrected chi connectivity index (χ4v) is 7.31. The molecule has 326 valence electrons. The zero-order valence-electron chi connectivity index (χ0n) is 36.2. The van der Waals surface area contributed by atoms with Crippen molar-refractivity contribution >= 4 is 47.0 Å². The Morgan fingerprint density at radius 2 is 1.39 bits per heavy atom. The number of carbonyl (C=O) groups is 2. The minimum Gasteiger partial charge on any atom is -0.496 e. The fourth-order valence-electron chi connectivity index (χ4n) is 6.59. The van der Waals surface area contributed by atoms with Crippen molar-refractivity contribution in [3.63, 3.8) is 0 Å². The molecule has 12 nitrogen and oxygen atoms in total. The largest absolute Gasteiger partial charge is 0.496 e. The Morgan fingerprint density at radius 3 is 2.00 bits per heavy atom.